The van der Waals surface area contributed by atoms with Gasteiger partial charge in [0.25, 0.3) is 0 Å². The summed E-state index contributed by atoms with van der Waals surface area (Å²) in [6.45, 7) is 1.66. The van der Waals surface area contributed by atoms with Crippen LogP contribution in [0.25, 0.3) is 10.9 Å². The zero-order valence-electron chi connectivity index (χ0n) is 20.2. The van der Waals surface area contributed by atoms with E-state index in [4.69, 9.17) is 0 Å². The van der Waals surface area contributed by atoms with E-state index in [9.17, 15) is 13.2 Å². The smallest absolute Gasteiger partial charge is 0.405 e. The van der Waals surface area contributed by atoms with Crippen molar-refractivity contribution >= 4 is 38.6 Å². The third-order valence-corrected chi connectivity index (χ3v) is 7.00. The molecule has 1 fully saturated rings. The van der Waals surface area contributed by atoms with Crippen molar-refractivity contribution in [1.82, 2.24) is 15.3 Å². The van der Waals surface area contributed by atoms with Crippen molar-refractivity contribution in [3.05, 3.63) is 52.5 Å². The third-order valence-electron chi connectivity index (χ3n) is 6.51. The van der Waals surface area contributed by atoms with Gasteiger partial charge in [0.15, 0.2) is 0 Å². The highest BCUT2D eigenvalue weighted by Gasteiger charge is 2.32. The number of nitrogens with one attached hydrogen (secondary N) is 3. The van der Waals surface area contributed by atoms with Gasteiger partial charge in [-0.15, -0.1) is 13.2 Å². The molecule has 2 aromatic carbocycles. The predicted molar refractivity (Wildman–Crippen MR) is 140 cm³/mol. The second kappa shape index (κ2) is 12.1. The molecule has 0 atom stereocenters. The maximum Gasteiger partial charge on any atom is 0.573 e. The summed E-state index contributed by atoms with van der Waals surface area (Å²) in [5.74, 6) is 1.92. The predicted octanol–water partition coefficient (Wildman–Crippen LogP) is 6.53. The van der Waals surface area contributed by atoms with Gasteiger partial charge in [0.2, 0.25) is 5.95 Å². The van der Waals surface area contributed by atoms with Crippen LogP contribution in [-0.4, -0.2) is 42.5 Å². The fourth-order valence-electron chi connectivity index (χ4n) is 4.69. The normalized spacial score (nSPS) is 18.2. The average Bonchev–Trinajstić information content (AvgIpc) is 2.84. The molecule has 3 N–H and O–H groups in total. The number of anilines is 2. The lowest BCUT2D eigenvalue weighted by atomic mass is 9.86. The van der Waals surface area contributed by atoms with E-state index in [2.05, 4.69) is 46.6 Å². The van der Waals surface area contributed by atoms with E-state index < -0.39 is 6.36 Å². The average molecular weight is 566 g/mol. The van der Waals surface area contributed by atoms with Gasteiger partial charge in [0.05, 0.1) is 5.52 Å². The first-order valence-corrected chi connectivity index (χ1v) is 13.1. The van der Waals surface area contributed by atoms with Gasteiger partial charge in [-0.05, 0) is 87.4 Å². The number of para-hydroxylation sites is 1. The summed E-state index contributed by atoms with van der Waals surface area (Å²) in [6.07, 6.45) is 0.864. The Morgan fingerprint density at radius 3 is 2.58 bits per heavy atom. The zero-order chi connectivity index (χ0) is 25.5. The maximum atomic E-state index is 12.7. The molecule has 1 aromatic heterocycles. The second-order valence-electron chi connectivity index (χ2n) is 9.13. The van der Waals surface area contributed by atoms with Gasteiger partial charge in [0, 0.05) is 22.9 Å². The number of rotatable bonds is 10. The van der Waals surface area contributed by atoms with Gasteiger partial charge in [-0.2, -0.15) is 4.98 Å². The molecule has 1 aliphatic rings. The highest BCUT2D eigenvalue weighted by molar-refractivity contribution is 9.10. The van der Waals surface area contributed by atoms with E-state index in [-0.39, 0.29) is 5.75 Å². The number of hydrogen-bond donors (Lipinski definition) is 3. The number of halogens is 4. The first kappa shape index (κ1) is 26.5. The van der Waals surface area contributed by atoms with E-state index in [1.165, 1.54) is 6.07 Å². The quantitative estimate of drug-likeness (QED) is 0.243. The minimum absolute atomic E-state index is 0.139. The standard InChI is InChI=1S/C26H31BrF3N5O/c1-31-24-21-6-2-3-7-22(21)34-25(35-24)33-20-12-8-17(9-13-20)16-32-14-4-5-18-10-11-19(27)15-23(18)36-26(28,29)30/h2-3,6-7,10-11,15,17,20,32H,4-5,8-9,12-14,16H2,1H3,(H2,31,33,34,35). The van der Waals surface area contributed by atoms with Gasteiger partial charge < -0.3 is 20.7 Å². The summed E-state index contributed by atoms with van der Waals surface area (Å²) < 4.78 is 42.8. The SMILES string of the molecule is CNc1nc(NC2CCC(CNCCCc3ccc(Br)cc3OC(F)(F)F)CC2)nc2ccccc12. The van der Waals surface area contributed by atoms with E-state index >= 15 is 0 Å². The Morgan fingerprint density at radius 2 is 1.83 bits per heavy atom. The van der Waals surface area contributed by atoms with Crippen molar-refractivity contribution in [2.24, 2.45) is 5.92 Å². The summed E-state index contributed by atoms with van der Waals surface area (Å²) in [4.78, 5) is 9.31. The maximum absolute atomic E-state index is 12.7. The van der Waals surface area contributed by atoms with Gasteiger partial charge in [-0.3, -0.25) is 0 Å². The van der Waals surface area contributed by atoms with Gasteiger partial charge in [-0.25, -0.2) is 4.98 Å². The lowest BCUT2D eigenvalue weighted by Gasteiger charge is -2.29. The molecule has 0 radical (unpaired) electrons. The van der Waals surface area contributed by atoms with E-state index in [0.717, 1.165) is 61.9 Å². The number of aromatic nitrogens is 2. The van der Waals surface area contributed by atoms with E-state index in [1.807, 2.05) is 31.3 Å². The van der Waals surface area contributed by atoms with Crippen LogP contribution in [0.2, 0.25) is 0 Å². The molecule has 3 aromatic rings. The Hall–Kier alpha value is -2.59. The highest BCUT2D eigenvalue weighted by atomic mass is 79.9. The topological polar surface area (TPSA) is 71.1 Å². The molecule has 1 saturated carbocycles. The number of ether oxygens (including phenoxy) is 1. The minimum Gasteiger partial charge on any atom is -0.405 e. The van der Waals surface area contributed by atoms with Crippen LogP contribution >= 0.6 is 15.9 Å². The van der Waals surface area contributed by atoms with Crippen LogP contribution in [0, 0.1) is 5.92 Å². The molecule has 6 nitrogen and oxygen atoms in total. The molecule has 0 aliphatic heterocycles. The van der Waals surface area contributed by atoms with Crippen LogP contribution in [0.5, 0.6) is 5.75 Å². The number of benzene rings is 2. The molecule has 0 unspecified atom stereocenters. The Labute approximate surface area is 217 Å². The Balaban J connectivity index is 1.18. The molecule has 10 heteroatoms. The Morgan fingerprint density at radius 1 is 1.06 bits per heavy atom. The molecule has 194 valence electrons. The lowest BCUT2D eigenvalue weighted by molar-refractivity contribution is -0.274. The van der Waals surface area contributed by atoms with Crippen molar-refractivity contribution in [1.29, 1.82) is 0 Å². The highest BCUT2D eigenvalue weighted by Crippen LogP contribution is 2.30. The van der Waals surface area contributed by atoms with E-state index in [0.29, 0.717) is 34.4 Å². The Bertz CT molecular complexity index is 1150. The Kier molecular flexibility index (Phi) is 8.90. The largest absolute Gasteiger partial charge is 0.573 e. The molecular formula is C26H31BrF3N5O. The third kappa shape index (κ3) is 7.46. The molecule has 36 heavy (non-hydrogen) atoms. The van der Waals surface area contributed by atoms with Crippen molar-refractivity contribution in [2.75, 3.05) is 30.8 Å². The monoisotopic (exact) mass is 565 g/mol. The summed E-state index contributed by atoms with van der Waals surface area (Å²) in [7, 11) is 1.87. The number of nitrogens with zero attached hydrogens (tertiary/aromatic N) is 2. The summed E-state index contributed by atoms with van der Waals surface area (Å²) in [5, 5.41) is 11.1. The molecule has 4 rings (SSSR count). The minimum atomic E-state index is -4.70. The molecule has 1 aliphatic carbocycles. The van der Waals surface area contributed by atoms with Crippen molar-refractivity contribution in [2.45, 2.75) is 50.9 Å². The molecule has 1 heterocycles. The number of alkyl halides is 3. The van der Waals surface area contributed by atoms with Crippen LogP contribution in [0.3, 0.4) is 0 Å². The lowest BCUT2D eigenvalue weighted by Crippen LogP contribution is -2.32. The summed E-state index contributed by atoms with van der Waals surface area (Å²) in [6, 6.07) is 13.1. The first-order chi connectivity index (χ1) is 17.3. The van der Waals surface area contributed by atoms with Crippen LogP contribution in [-0.2, 0) is 6.42 Å². The number of aryl methyl sites for hydroxylation is 1. The zero-order valence-corrected chi connectivity index (χ0v) is 21.8. The fourth-order valence-corrected chi connectivity index (χ4v) is 5.03. The molecule has 0 amide bonds. The van der Waals surface area contributed by atoms with Crippen LogP contribution in [0.1, 0.15) is 37.7 Å². The fraction of sp³-hybridized carbons (Fsp3) is 0.462. The van der Waals surface area contributed by atoms with Crippen LogP contribution in [0.15, 0.2) is 46.9 Å². The van der Waals surface area contributed by atoms with Crippen molar-refractivity contribution in [3.8, 4) is 5.75 Å². The molecular weight excluding hydrogens is 535 g/mol. The molecule has 0 bridgehead atoms. The molecule has 0 saturated heterocycles. The summed E-state index contributed by atoms with van der Waals surface area (Å²) in [5.41, 5.74) is 1.47. The van der Waals surface area contributed by atoms with Gasteiger partial charge >= 0.3 is 6.36 Å². The van der Waals surface area contributed by atoms with Crippen molar-refractivity contribution in [3.63, 3.8) is 0 Å². The van der Waals surface area contributed by atoms with Gasteiger partial charge in [0.1, 0.15) is 11.6 Å². The second-order valence-corrected chi connectivity index (χ2v) is 10.0. The van der Waals surface area contributed by atoms with Crippen LogP contribution < -0.4 is 20.7 Å². The van der Waals surface area contributed by atoms with Crippen molar-refractivity contribution < 1.29 is 17.9 Å². The number of fused-ring (bicyclic) bond motifs is 1. The van der Waals surface area contributed by atoms with Gasteiger partial charge in [-0.1, -0.05) is 34.1 Å². The molecule has 0 spiro atoms. The van der Waals surface area contributed by atoms with Crippen LogP contribution in [0.4, 0.5) is 24.9 Å². The first-order valence-electron chi connectivity index (χ1n) is 12.3. The number of hydrogen-bond acceptors (Lipinski definition) is 6. The van der Waals surface area contributed by atoms with E-state index in [1.54, 1.807) is 12.1 Å². The summed E-state index contributed by atoms with van der Waals surface area (Å²) >= 11 is 3.21.